The molecule has 1 aromatic heterocycles. The first-order valence-corrected chi connectivity index (χ1v) is 11.3. The molecule has 31 heavy (non-hydrogen) atoms. The maximum atomic E-state index is 14.9. The minimum atomic E-state index is -4.06. The monoisotopic (exact) mass is 470 g/mol. The number of hydrogen-bond donors (Lipinski definition) is 1. The number of fused-ring (bicyclic) bond motifs is 2. The first-order chi connectivity index (χ1) is 14.5. The molecule has 0 saturated carbocycles. The van der Waals surface area contributed by atoms with Gasteiger partial charge in [-0.25, -0.2) is 31.6 Å². The van der Waals surface area contributed by atoms with Crippen LogP contribution >= 0.6 is 11.6 Å². The predicted octanol–water partition coefficient (Wildman–Crippen LogP) is 3.61. The molecule has 0 radical (unpaired) electrons. The van der Waals surface area contributed by atoms with Crippen molar-refractivity contribution < 1.29 is 21.6 Å². The molecule has 0 aliphatic carbocycles. The fraction of sp³-hybridized carbons (Fsp3) is 0.350. The van der Waals surface area contributed by atoms with Crippen LogP contribution in [0.2, 0.25) is 5.15 Å². The summed E-state index contributed by atoms with van der Waals surface area (Å²) in [7, 11) is -4.06. The minimum Gasteiger partial charge on any atom is -0.386 e. The molecule has 0 spiro atoms. The van der Waals surface area contributed by atoms with E-state index in [1.165, 1.54) is 25.3 Å². The number of halogens is 4. The Kier molecular flexibility index (Phi) is 5.13. The summed E-state index contributed by atoms with van der Waals surface area (Å²) >= 11 is 5.65. The fourth-order valence-corrected chi connectivity index (χ4v) is 7.08. The van der Waals surface area contributed by atoms with Gasteiger partial charge in [0.25, 0.3) is 0 Å². The molecule has 1 aromatic carbocycles. The van der Waals surface area contributed by atoms with Crippen LogP contribution in [0.4, 0.5) is 13.2 Å². The lowest BCUT2D eigenvalue weighted by Crippen LogP contribution is -2.58. The first-order valence-electron chi connectivity index (χ1n) is 9.35. The quantitative estimate of drug-likeness (QED) is 0.736. The molecule has 6 nitrogen and oxygen atoms in total. The van der Waals surface area contributed by atoms with Gasteiger partial charge in [-0.1, -0.05) is 17.7 Å². The molecular formula is C20H18ClF3N4O2S. The lowest BCUT2D eigenvalue weighted by Gasteiger charge is -2.39. The zero-order valence-electron chi connectivity index (χ0n) is 16.3. The molecule has 0 unspecified atom stereocenters. The summed E-state index contributed by atoms with van der Waals surface area (Å²) in [5.41, 5.74) is 4.44. The number of rotatable bonds is 4. The Morgan fingerprint density at radius 1 is 1.35 bits per heavy atom. The molecule has 3 atom stereocenters. The third-order valence-electron chi connectivity index (χ3n) is 6.09. The second-order valence-corrected chi connectivity index (χ2v) is 10.6. The van der Waals surface area contributed by atoms with Crippen molar-refractivity contribution in [3.05, 3.63) is 58.4 Å². The van der Waals surface area contributed by atoms with E-state index in [0.29, 0.717) is 0 Å². The minimum absolute atomic E-state index is 0.0213. The van der Waals surface area contributed by atoms with Gasteiger partial charge >= 0.3 is 0 Å². The molecule has 2 aliphatic heterocycles. The van der Waals surface area contributed by atoms with Crippen LogP contribution in [0, 0.1) is 5.82 Å². The summed E-state index contributed by atoms with van der Waals surface area (Å²) in [5, 5.41) is -1.05. The Bertz CT molecular complexity index is 1220. The third-order valence-corrected chi connectivity index (χ3v) is 9.34. The molecule has 2 N–H and O–H groups in total. The molecule has 4 rings (SSSR count). The van der Waals surface area contributed by atoms with Gasteiger partial charge < -0.3 is 5.73 Å². The van der Waals surface area contributed by atoms with Crippen molar-refractivity contribution >= 4 is 39.2 Å². The topological polar surface area (TPSA) is 98.3 Å². The largest absolute Gasteiger partial charge is 0.386 e. The zero-order valence-corrected chi connectivity index (χ0v) is 17.9. The smallest absolute Gasteiger partial charge is 0.171 e. The van der Waals surface area contributed by atoms with E-state index < -0.39 is 43.7 Å². The molecule has 1 fully saturated rings. The molecule has 1 saturated heterocycles. The van der Waals surface area contributed by atoms with Crippen molar-refractivity contribution in [2.75, 3.05) is 6.67 Å². The van der Waals surface area contributed by atoms with E-state index in [0.717, 1.165) is 18.3 Å². The van der Waals surface area contributed by atoms with Crippen molar-refractivity contribution in [1.82, 2.24) is 9.97 Å². The van der Waals surface area contributed by atoms with Crippen LogP contribution in [-0.4, -0.2) is 40.9 Å². The van der Waals surface area contributed by atoms with Gasteiger partial charge in [0.05, 0.1) is 17.6 Å². The van der Waals surface area contributed by atoms with Crippen molar-refractivity contribution in [3.8, 4) is 0 Å². The van der Waals surface area contributed by atoms with E-state index >= 15 is 0 Å². The van der Waals surface area contributed by atoms with Crippen LogP contribution < -0.4 is 5.73 Å². The number of nitrogens with zero attached hydrogens (tertiary/aromatic N) is 3. The Balaban J connectivity index is 1.82. The molecule has 164 valence electrons. The predicted molar refractivity (Wildman–Crippen MR) is 112 cm³/mol. The van der Waals surface area contributed by atoms with Gasteiger partial charge in [0.15, 0.2) is 20.4 Å². The van der Waals surface area contributed by atoms with Crippen molar-refractivity contribution in [2.24, 2.45) is 10.7 Å². The van der Waals surface area contributed by atoms with E-state index in [9.17, 15) is 21.6 Å². The Morgan fingerprint density at radius 3 is 2.74 bits per heavy atom. The average Bonchev–Trinajstić information content (AvgIpc) is 2.93. The van der Waals surface area contributed by atoms with Crippen LogP contribution in [0.25, 0.3) is 11.9 Å². The second kappa shape index (κ2) is 7.30. The van der Waals surface area contributed by atoms with E-state index in [1.54, 1.807) is 0 Å². The van der Waals surface area contributed by atoms with Gasteiger partial charge in [0.1, 0.15) is 34.7 Å². The summed E-state index contributed by atoms with van der Waals surface area (Å²) in [5.74, 6) is -1.84. The van der Waals surface area contributed by atoms with E-state index in [1.807, 2.05) is 0 Å². The Morgan fingerprint density at radius 2 is 2.10 bits per heavy atom. The molecule has 2 bridgehead atoms. The van der Waals surface area contributed by atoms with Gasteiger partial charge in [-0.2, -0.15) is 0 Å². The van der Waals surface area contributed by atoms with Crippen LogP contribution in [0.5, 0.6) is 0 Å². The lowest BCUT2D eigenvalue weighted by molar-refractivity contribution is 0.415. The molecule has 2 aliphatic rings. The van der Waals surface area contributed by atoms with Gasteiger partial charge in [-0.3, -0.25) is 4.99 Å². The summed E-state index contributed by atoms with van der Waals surface area (Å²) in [6.45, 7) is 0.262. The lowest BCUT2D eigenvalue weighted by atomic mass is 9.86. The second-order valence-electron chi connectivity index (χ2n) is 7.80. The zero-order chi connectivity index (χ0) is 22.6. The summed E-state index contributed by atoms with van der Waals surface area (Å²) in [6.07, 6.45) is 3.50. The summed E-state index contributed by atoms with van der Waals surface area (Å²) in [6, 6.07) is 3.74. The van der Waals surface area contributed by atoms with Crippen molar-refractivity contribution in [1.29, 1.82) is 0 Å². The van der Waals surface area contributed by atoms with Crippen LogP contribution in [-0.2, 0) is 15.4 Å². The van der Waals surface area contributed by atoms with Gasteiger partial charge in [-0.05, 0) is 43.5 Å². The van der Waals surface area contributed by atoms with Gasteiger partial charge in [-0.15, -0.1) is 0 Å². The number of benzene rings is 1. The van der Waals surface area contributed by atoms with Gasteiger partial charge in [0.2, 0.25) is 0 Å². The Labute approximate surface area is 182 Å². The maximum absolute atomic E-state index is 14.9. The highest BCUT2D eigenvalue weighted by molar-refractivity contribution is 7.94. The standard InChI is InChI=1S/C20H18ClF3N4O2S/c1-19(16-4-5-20(10-22,18(25)28-19)31(16,29)30)12-6-11(2-3-13(12)23)7-14(24)15-8-27-17(21)9-26-15/h2-3,6-9,16H,4-5,10H2,1H3,(H2,25,28)/b14-7-/t16-,19+,20-/m0/s1. The number of hydrogen-bond acceptors (Lipinski definition) is 6. The first kappa shape index (κ1) is 21.8. The summed E-state index contributed by atoms with van der Waals surface area (Å²) in [4.78, 5) is 11.9. The van der Waals surface area contributed by atoms with Crippen LogP contribution in [0.3, 0.4) is 0 Å². The average molecular weight is 471 g/mol. The van der Waals surface area contributed by atoms with Gasteiger partial charge in [0, 0.05) is 5.56 Å². The number of aromatic nitrogens is 2. The van der Waals surface area contributed by atoms with E-state index in [-0.39, 0.29) is 40.7 Å². The van der Waals surface area contributed by atoms with Crippen molar-refractivity contribution in [2.45, 2.75) is 35.3 Å². The maximum Gasteiger partial charge on any atom is 0.171 e. The number of nitrogens with two attached hydrogens (primary N) is 1. The highest BCUT2D eigenvalue weighted by Crippen LogP contribution is 2.51. The Hall–Kier alpha value is -2.46. The number of sulfone groups is 1. The number of aliphatic imine (C=N–C) groups is 1. The number of amidine groups is 1. The highest BCUT2D eigenvalue weighted by Gasteiger charge is 2.65. The molecule has 0 amide bonds. The molecular weight excluding hydrogens is 453 g/mol. The summed E-state index contributed by atoms with van der Waals surface area (Å²) < 4.78 is 67.5. The van der Waals surface area contributed by atoms with Crippen LogP contribution in [0.15, 0.2) is 35.6 Å². The fourth-order valence-electron chi connectivity index (χ4n) is 4.34. The van der Waals surface area contributed by atoms with E-state index in [2.05, 4.69) is 15.0 Å². The molecule has 11 heteroatoms. The third kappa shape index (κ3) is 3.15. The normalized spacial score (nSPS) is 29.6. The van der Waals surface area contributed by atoms with E-state index in [4.69, 9.17) is 17.3 Å². The molecule has 3 heterocycles. The SMILES string of the molecule is C[C@]1(c2cc(/C=C(\F)c3cnc(Cl)cn3)ccc2F)N=C(N)[C@@]2(CF)CC[C@@H]1S2(=O)=O. The highest BCUT2D eigenvalue weighted by atomic mass is 35.5. The number of alkyl halides is 1. The van der Waals surface area contributed by atoms with Crippen LogP contribution in [0.1, 0.15) is 36.6 Å². The van der Waals surface area contributed by atoms with Crippen molar-refractivity contribution in [3.63, 3.8) is 0 Å². The molecule has 2 aromatic rings.